The molecule has 0 amide bonds. The summed E-state index contributed by atoms with van der Waals surface area (Å²) in [5.41, 5.74) is 0.656. The minimum atomic E-state index is -0.161. The summed E-state index contributed by atoms with van der Waals surface area (Å²) >= 11 is 1.41. The van der Waals surface area contributed by atoms with E-state index < -0.39 is 0 Å². The quantitative estimate of drug-likeness (QED) is 0.566. The van der Waals surface area contributed by atoms with E-state index in [-0.39, 0.29) is 10.7 Å². The normalized spacial score (nSPS) is 13.4. The molecule has 0 aliphatic heterocycles. The first-order valence-electron chi connectivity index (χ1n) is 7.53. The lowest BCUT2D eigenvalue weighted by atomic mass is 9.96. The molecule has 3 rings (SSSR count). The lowest BCUT2D eigenvalue weighted by Gasteiger charge is -2.11. The second-order valence-corrected chi connectivity index (χ2v) is 7.84. The highest BCUT2D eigenvalue weighted by Gasteiger charge is 2.25. The topological polar surface area (TPSA) is 109 Å². The Labute approximate surface area is 143 Å². The lowest BCUT2D eigenvalue weighted by molar-refractivity contribution is 0.364. The van der Waals surface area contributed by atoms with E-state index in [1.807, 2.05) is 40.7 Å². The van der Waals surface area contributed by atoms with Crippen LogP contribution in [0.4, 0.5) is 0 Å². The molecule has 0 saturated heterocycles. The van der Waals surface area contributed by atoms with Gasteiger partial charge in [-0.1, -0.05) is 37.7 Å². The first kappa shape index (κ1) is 16.6. The molecule has 0 bridgehead atoms. The van der Waals surface area contributed by atoms with Crippen LogP contribution >= 0.6 is 11.8 Å². The van der Waals surface area contributed by atoms with Gasteiger partial charge in [0.15, 0.2) is 11.6 Å². The van der Waals surface area contributed by atoms with Gasteiger partial charge in [0.25, 0.3) is 0 Å². The van der Waals surface area contributed by atoms with E-state index >= 15 is 0 Å². The lowest BCUT2D eigenvalue weighted by Crippen LogP contribution is -2.13. The average molecular weight is 348 g/mol. The molecule has 0 aliphatic carbocycles. The van der Waals surface area contributed by atoms with Gasteiger partial charge in [-0.3, -0.25) is 0 Å². The van der Waals surface area contributed by atoms with Crippen molar-refractivity contribution in [2.24, 2.45) is 0 Å². The van der Waals surface area contributed by atoms with E-state index in [2.05, 4.69) is 20.3 Å². The summed E-state index contributed by atoms with van der Waals surface area (Å²) in [5.74, 6) is 8.63. The molecule has 9 heteroatoms. The van der Waals surface area contributed by atoms with Crippen LogP contribution in [0.15, 0.2) is 26.4 Å². The highest BCUT2D eigenvalue weighted by molar-refractivity contribution is 7.99. The van der Waals surface area contributed by atoms with Crippen LogP contribution in [-0.4, -0.2) is 25.0 Å². The number of aryl methyl sites for hydroxylation is 1. The summed E-state index contributed by atoms with van der Waals surface area (Å²) in [6, 6.07) is 1.81. The standard InChI is InChI=1S/C15H20N6O2S/c1-8-10(6-7-22-8)11-18-19-14(21(11)16)24-9(2)12-17-13(20-23-12)15(3,4)5/h6-7,9H,16H2,1-5H3. The smallest absolute Gasteiger partial charge is 0.239 e. The van der Waals surface area contributed by atoms with Gasteiger partial charge in [-0.15, -0.1) is 10.2 Å². The zero-order valence-electron chi connectivity index (χ0n) is 14.3. The van der Waals surface area contributed by atoms with Crippen molar-refractivity contribution in [3.63, 3.8) is 0 Å². The van der Waals surface area contributed by atoms with Crippen LogP contribution in [0.5, 0.6) is 0 Å². The Morgan fingerprint density at radius 3 is 2.62 bits per heavy atom. The molecular weight excluding hydrogens is 328 g/mol. The van der Waals surface area contributed by atoms with E-state index in [0.29, 0.717) is 22.7 Å². The minimum Gasteiger partial charge on any atom is -0.469 e. The van der Waals surface area contributed by atoms with Crippen molar-refractivity contribution < 1.29 is 8.94 Å². The summed E-state index contributed by atoms with van der Waals surface area (Å²) in [6.45, 7) is 9.93. The third-order valence-electron chi connectivity index (χ3n) is 3.51. The minimum absolute atomic E-state index is 0.0987. The van der Waals surface area contributed by atoms with Crippen LogP contribution in [0.2, 0.25) is 0 Å². The van der Waals surface area contributed by atoms with Crippen molar-refractivity contribution >= 4 is 11.8 Å². The van der Waals surface area contributed by atoms with E-state index in [0.717, 1.165) is 11.3 Å². The predicted octanol–water partition coefficient (Wildman–Crippen LogP) is 3.09. The van der Waals surface area contributed by atoms with Gasteiger partial charge < -0.3 is 14.8 Å². The Hall–Kier alpha value is -2.29. The molecule has 0 saturated carbocycles. The third-order valence-corrected chi connectivity index (χ3v) is 4.55. The van der Waals surface area contributed by atoms with Crippen molar-refractivity contribution in [2.45, 2.75) is 50.4 Å². The molecule has 1 atom stereocenters. The third kappa shape index (κ3) is 3.03. The fraction of sp³-hybridized carbons (Fsp3) is 0.467. The fourth-order valence-electron chi connectivity index (χ4n) is 2.07. The molecule has 8 nitrogen and oxygen atoms in total. The SMILES string of the molecule is Cc1occc1-c1nnc(SC(C)c2nc(C(C)(C)C)no2)n1N. The molecule has 3 aromatic heterocycles. The largest absolute Gasteiger partial charge is 0.469 e. The molecule has 0 aromatic carbocycles. The molecule has 0 fully saturated rings. The average Bonchev–Trinajstić information content (AvgIpc) is 3.20. The van der Waals surface area contributed by atoms with Crippen LogP contribution < -0.4 is 5.84 Å². The Balaban J connectivity index is 1.80. The van der Waals surface area contributed by atoms with Gasteiger partial charge >= 0.3 is 0 Å². The van der Waals surface area contributed by atoms with Crippen LogP contribution in [0.25, 0.3) is 11.4 Å². The van der Waals surface area contributed by atoms with Crippen LogP contribution in [0, 0.1) is 6.92 Å². The summed E-state index contributed by atoms with van der Waals surface area (Å²) < 4.78 is 12.1. The maximum absolute atomic E-state index is 6.13. The maximum atomic E-state index is 6.13. The van der Waals surface area contributed by atoms with Crippen molar-refractivity contribution in [3.8, 4) is 11.4 Å². The van der Waals surface area contributed by atoms with E-state index in [1.165, 1.54) is 16.4 Å². The number of nitrogens with zero attached hydrogens (tertiary/aromatic N) is 5. The Morgan fingerprint density at radius 1 is 1.29 bits per heavy atom. The first-order chi connectivity index (χ1) is 11.3. The summed E-state index contributed by atoms with van der Waals surface area (Å²) in [6.07, 6.45) is 1.60. The van der Waals surface area contributed by atoms with Gasteiger partial charge in [0.2, 0.25) is 11.0 Å². The van der Waals surface area contributed by atoms with Gasteiger partial charge in [-0.25, -0.2) is 4.68 Å². The van der Waals surface area contributed by atoms with Gasteiger partial charge in [-0.2, -0.15) is 4.98 Å². The van der Waals surface area contributed by atoms with Crippen molar-refractivity contribution in [1.82, 2.24) is 25.0 Å². The molecule has 24 heavy (non-hydrogen) atoms. The first-order valence-corrected chi connectivity index (χ1v) is 8.41. The highest BCUT2D eigenvalue weighted by atomic mass is 32.2. The molecule has 1 unspecified atom stereocenters. The molecule has 0 aliphatic rings. The van der Waals surface area contributed by atoms with Crippen molar-refractivity contribution in [3.05, 3.63) is 29.8 Å². The number of nitrogen functional groups attached to an aromatic ring is 1. The Kier molecular flexibility index (Phi) is 4.12. The number of rotatable bonds is 4. The monoisotopic (exact) mass is 348 g/mol. The van der Waals surface area contributed by atoms with Crippen LogP contribution in [0.3, 0.4) is 0 Å². The number of aromatic nitrogens is 5. The van der Waals surface area contributed by atoms with Gasteiger partial charge in [0.1, 0.15) is 5.76 Å². The van der Waals surface area contributed by atoms with Gasteiger partial charge in [0, 0.05) is 5.41 Å². The number of thioether (sulfide) groups is 1. The molecule has 0 spiro atoms. The predicted molar refractivity (Wildman–Crippen MR) is 89.9 cm³/mol. The molecule has 3 heterocycles. The van der Waals surface area contributed by atoms with Crippen LogP contribution in [0.1, 0.15) is 50.4 Å². The van der Waals surface area contributed by atoms with Gasteiger partial charge in [-0.05, 0) is 19.9 Å². The fourth-order valence-corrected chi connectivity index (χ4v) is 2.87. The zero-order chi connectivity index (χ0) is 17.5. The number of hydrogen-bond acceptors (Lipinski definition) is 8. The second kappa shape index (κ2) is 5.97. The van der Waals surface area contributed by atoms with Crippen molar-refractivity contribution in [2.75, 3.05) is 5.84 Å². The summed E-state index contributed by atoms with van der Waals surface area (Å²) in [4.78, 5) is 4.47. The van der Waals surface area contributed by atoms with E-state index in [4.69, 9.17) is 14.8 Å². The summed E-state index contributed by atoms with van der Waals surface area (Å²) in [5, 5.41) is 12.8. The second-order valence-electron chi connectivity index (χ2n) is 6.53. The van der Waals surface area contributed by atoms with Crippen LogP contribution in [-0.2, 0) is 5.41 Å². The molecular formula is C15H20N6O2S. The highest BCUT2D eigenvalue weighted by Crippen LogP contribution is 2.34. The molecule has 128 valence electrons. The van der Waals surface area contributed by atoms with Gasteiger partial charge in [0.05, 0.1) is 17.1 Å². The Morgan fingerprint density at radius 2 is 2.04 bits per heavy atom. The zero-order valence-corrected chi connectivity index (χ0v) is 15.1. The Bertz CT molecular complexity index is 844. The number of furan rings is 1. The van der Waals surface area contributed by atoms with Crippen molar-refractivity contribution in [1.29, 1.82) is 0 Å². The molecule has 2 N–H and O–H groups in total. The molecule has 0 radical (unpaired) electrons. The maximum Gasteiger partial charge on any atom is 0.239 e. The van der Waals surface area contributed by atoms with E-state index in [1.54, 1.807) is 6.26 Å². The molecule has 3 aromatic rings. The number of hydrogen-bond donors (Lipinski definition) is 1. The number of nitrogens with two attached hydrogens (primary N) is 1. The van der Waals surface area contributed by atoms with E-state index in [9.17, 15) is 0 Å². The summed E-state index contributed by atoms with van der Waals surface area (Å²) in [7, 11) is 0.